The second-order valence-corrected chi connectivity index (χ2v) is 5.04. The van der Waals surface area contributed by atoms with Gasteiger partial charge in [-0.2, -0.15) is 0 Å². The highest BCUT2D eigenvalue weighted by Gasteiger charge is 2.23. The summed E-state index contributed by atoms with van der Waals surface area (Å²) < 4.78 is 39.4. The molecule has 7 heteroatoms. The van der Waals surface area contributed by atoms with Crippen molar-refractivity contribution in [2.75, 3.05) is 39.9 Å². The minimum absolute atomic E-state index is 0.959. The van der Waals surface area contributed by atoms with Gasteiger partial charge in [0.1, 0.15) is 13.1 Å². The van der Waals surface area contributed by atoms with Gasteiger partial charge >= 0.3 is 0 Å². The zero-order chi connectivity index (χ0) is 12.7. The Morgan fingerprint density at radius 2 is 1.81 bits per heavy atom. The molecule has 0 aliphatic carbocycles. The highest BCUT2D eigenvalue weighted by molar-refractivity contribution is 7.79. The van der Waals surface area contributed by atoms with Gasteiger partial charge in [0.25, 0.3) is 0 Å². The van der Waals surface area contributed by atoms with Crippen LogP contribution in [0.25, 0.3) is 0 Å². The molecule has 0 aromatic carbocycles. The molecule has 0 radical (unpaired) electrons. The molecule has 1 N–H and O–H groups in total. The number of morpholine rings is 1. The van der Waals surface area contributed by atoms with Gasteiger partial charge < -0.3 is 13.8 Å². The van der Waals surface area contributed by atoms with E-state index in [1.807, 2.05) is 0 Å². The molecule has 0 aromatic heterocycles. The van der Waals surface area contributed by atoms with Gasteiger partial charge in [0.2, 0.25) is 10.4 Å². The zero-order valence-electron chi connectivity index (χ0n) is 9.89. The maximum Gasteiger partial charge on any atom is 0.215 e. The van der Waals surface area contributed by atoms with Crippen molar-refractivity contribution in [2.24, 2.45) is 0 Å². The molecular formula is C9H21NO5S. The van der Waals surface area contributed by atoms with Gasteiger partial charge in [-0.1, -0.05) is 13.3 Å². The van der Waals surface area contributed by atoms with E-state index in [1.54, 1.807) is 0 Å². The molecule has 0 aromatic rings. The van der Waals surface area contributed by atoms with E-state index in [-0.39, 0.29) is 0 Å². The van der Waals surface area contributed by atoms with Gasteiger partial charge in [-0.3, -0.25) is 4.55 Å². The first-order chi connectivity index (χ1) is 7.27. The highest BCUT2D eigenvalue weighted by Crippen LogP contribution is 2.08. The first kappa shape index (κ1) is 15.8. The molecule has 0 bridgehead atoms. The fourth-order valence-corrected chi connectivity index (χ4v) is 1.55. The molecule has 1 aliphatic heterocycles. The quantitative estimate of drug-likeness (QED) is 0.444. The lowest BCUT2D eigenvalue weighted by atomic mass is 10.2. The van der Waals surface area contributed by atoms with Crippen LogP contribution in [0.2, 0.25) is 0 Å². The van der Waals surface area contributed by atoms with Crippen LogP contribution in [0.3, 0.4) is 0 Å². The first-order valence-corrected chi connectivity index (χ1v) is 6.73. The molecule has 16 heavy (non-hydrogen) atoms. The number of rotatable bonds is 3. The predicted octanol–water partition coefficient (Wildman–Crippen LogP) is 0.268. The summed E-state index contributed by atoms with van der Waals surface area (Å²) in [6.45, 7) is 7.92. The Morgan fingerprint density at radius 3 is 2.19 bits per heavy atom. The monoisotopic (exact) mass is 255 g/mol. The van der Waals surface area contributed by atoms with E-state index in [0.717, 1.165) is 13.2 Å². The fourth-order valence-electron chi connectivity index (χ4n) is 1.55. The van der Waals surface area contributed by atoms with Crippen molar-refractivity contribution in [1.29, 1.82) is 0 Å². The zero-order valence-corrected chi connectivity index (χ0v) is 10.7. The Bertz CT molecular complexity index is 264. The van der Waals surface area contributed by atoms with Gasteiger partial charge in [0.15, 0.2) is 0 Å². The summed E-state index contributed by atoms with van der Waals surface area (Å²) in [7, 11) is -2.57. The Morgan fingerprint density at radius 1 is 1.38 bits per heavy atom. The molecule has 98 valence electrons. The number of unbranched alkanes of at least 4 members (excludes halogenated alkanes) is 1. The van der Waals surface area contributed by atoms with Crippen LogP contribution in [0, 0.1) is 0 Å². The van der Waals surface area contributed by atoms with Crippen LogP contribution in [0.5, 0.6) is 0 Å². The normalized spacial score (nSPS) is 19.8. The van der Waals surface area contributed by atoms with Crippen molar-refractivity contribution in [3.63, 3.8) is 0 Å². The number of nitrogens with zero attached hydrogens (tertiary/aromatic N) is 1. The van der Waals surface area contributed by atoms with Crippen LogP contribution in [-0.4, -0.2) is 61.9 Å². The third-order valence-electron chi connectivity index (χ3n) is 2.60. The smallest absolute Gasteiger partial charge is 0.215 e. The van der Waals surface area contributed by atoms with Gasteiger partial charge in [-0.15, -0.1) is 0 Å². The lowest BCUT2D eigenvalue weighted by Gasteiger charge is -2.37. The molecule has 1 heterocycles. The molecule has 1 aliphatic rings. The summed E-state index contributed by atoms with van der Waals surface area (Å²) in [6, 6.07) is 0. The van der Waals surface area contributed by atoms with E-state index in [4.69, 9.17) is 22.3 Å². The van der Waals surface area contributed by atoms with Crippen molar-refractivity contribution < 1.29 is 26.7 Å². The van der Waals surface area contributed by atoms with Crippen LogP contribution in [0.15, 0.2) is 0 Å². The van der Waals surface area contributed by atoms with Crippen LogP contribution in [0.1, 0.15) is 19.8 Å². The van der Waals surface area contributed by atoms with E-state index in [1.165, 1.54) is 37.0 Å². The average Bonchev–Trinajstić information content (AvgIpc) is 2.13. The van der Waals surface area contributed by atoms with Gasteiger partial charge in [0.05, 0.1) is 26.8 Å². The van der Waals surface area contributed by atoms with Crippen molar-refractivity contribution >= 4 is 10.4 Å². The highest BCUT2D eigenvalue weighted by atomic mass is 32.3. The SMILES string of the molecule is CCCC[N+]1(C)CCOCC1.O=S(=O)([O-])O. The van der Waals surface area contributed by atoms with Crippen molar-refractivity contribution in [1.82, 2.24) is 0 Å². The largest absolute Gasteiger partial charge is 0.726 e. The van der Waals surface area contributed by atoms with Crippen molar-refractivity contribution in [3.05, 3.63) is 0 Å². The van der Waals surface area contributed by atoms with Gasteiger partial charge in [0, 0.05) is 0 Å². The molecule has 1 fully saturated rings. The van der Waals surface area contributed by atoms with Gasteiger partial charge in [-0.25, -0.2) is 8.42 Å². The number of hydrogen-bond acceptors (Lipinski definition) is 4. The minimum Gasteiger partial charge on any atom is -0.726 e. The maximum absolute atomic E-state index is 8.63. The average molecular weight is 255 g/mol. The van der Waals surface area contributed by atoms with E-state index >= 15 is 0 Å². The molecule has 6 nitrogen and oxygen atoms in total. The topological polar surface area (TPSA) is 86.7 Å². The molecular weight excluding hydrogens is 234 g/mol. The third kappa shape index (κ3) is 10.3. The maximum atomic E-state index is 8.63. The second kappa shape index (κ2) is 7.18. The number of quaternary nitrogens is 1. The third-order valence-corrected chi connectivity index (χ3v) is 2.60. The van der Waals surface area contributed by atoms with E-state index in [2.05, 4.69) is 14.0 Å². The number of ether oxygens (including phenoxy) is 1. The predicted molar refractivity (Wildman–Crippen MR) is 58.8 cm³/mol. The Balaban J connectivity index is 0.000000385. The summed E-state index contributed by atoms with van der Waals surface area (Å²) in [5.41, 5.74) is 0. The van der Waals surface area contributed by atoms with Crippen LogP contribution < -0.4 is 0 Å². The van der Waals surface area contributed by atoms with Gasteiger partial charge in [-0.05, 0) is 6.42 Å². The van der Waals surface area contributed by atoms with Crippen LogP contribution in [-0.2, 0) is 15.1 Å². The molecule has 1 rings (SSSR count). The van der Waals surface area contributed by atoms with Crippen molar-refractivity contribution in [2.45, 2.75) is 19.8 Å². The van der Waals surface area contributed by atoms with E-state index < -0.39 is 10.4 Å². The Hall–Kier alpha value is -0.210. The fraction of sp³-hybridized carbons (Fsp3) is 1.00. The van der Waals surface area contributed by atoms with E-state index in [0.29, 0.717) is 0 Å². The number of likely N-dealkylation sites (N-methyl/N-ethyl adjacent to an activating group) is 1. The lowest BCUT2D eigenvalue weighted by molar-refractivity contribution is -0.917. The molecule has 0 spiro atoms. The van der Waals surface area contributed by atoms with Crippen LogP contribution in [0.4, 0.5) is 0 Å². The summed E-state index contributed by atoms with van der Waals surface area (Å²) in [5.74, 6) is 0. The van der Waals surface area contributed by atoms with Crippen molar-refractivity contribution in [3.8, 4) is 0 Å². The summed E-state index contributed by atoms with van der Waals surface area (Å²) in [5, 5.41) is 0. The second-order valence-electron chi connectivity index (χ2n) is 4.18. The van der Waals surface area contributed by atoms with Crippen LogP contribution >= 0.6 is 0 Å². The minimum atomic E-state index is -4.92. The summed E-state index contributed by atoms with van der Waals surface area (Å²) in [6.07, 6.45) is 2.67. The Kier molecular flexibility index (Phi) is 7.09. The standard InChI is InChI=1S/C9H20NO.H2O4S/c1-3-4-5-10(2)6-8-11-9-7-10;1-5(2,3)4/h3-9H2,1-2H3;(H2,1,2,3,4)/q+1;/p-1. The first-order valence-electron chi connectivity index (χ1n) is 5.36. The Labute approximate surface area is 97.4 Å². The summed E-state index contributed by atoms with van der Waals surface area (Å²) in [4.78, 5) is 0. The molecule has 1 saturated heterocycles. The molecule has 0 amide bonds. The molecule has 0 unspecified atom stereocenters. The summed E-state index contributed by atoms with van der Waals surface area (Å²) >= 11 is 0. The molecule has 0 atom stereocenters. The molecule has 0 saturated carbocycles. The lowest BCUT2D eigenvalue weighted by Crippen LogP contribution is -2.52. The van der Waals surface area contributed by atoms with E-state index in [9.17, 15) is 0 Å². The number of hydrogen-bond donors (Lipinski definition) is 1.